The zero-order valence-electron chi connectivity index (χ0n) is 17.6. The van der Waals surface area contributed by atoms with E-state index in [9.17, 15) is 18.5 Å². The van der Waals surface area contributed by atoms with Crippen LogP contribution in [0.15, 0.2) is 65.7 Å². The summed E-state index contributed by atoms with van der Waals surface area (Å²) in [6, 6.07) is 17.0. The van der Waals surface area contributed by atoms with Gasteiger partial charge in [-0.05, 0) is 48.9 Å². The molecule has 1 aliphatic heterocycles. The lowest BCUT2D eigenvalue weighted by Gasteiger charge is -2.33. The molecule has 2 heterocycles. The Labute approximate surface area is 186 Å². The molecule has 0 spiro atoms. The van der Waals surface area contributed by atoms with Gasteiger partial charge in [0.2, 0.25) is 15.9 Å². The van der Waals surface area contributed by atoms with Crippen LogP contribution in [0.4, 0.5) is 0 Å². The van der Waals surface area contributed by atoms with Gasteiger partial charge in [0.1, 0.15) is 23.1 Å². The maximum absolute atomic E-state index is 12.8. The highest BCUT2D eigenvalue weighted by Gasteiger charge is 2.34. The second-order valence-electron chi connectivity index (χ2n) is 7.72. The van der Waals surface area contributed by atoms with E-state index in [4.69, 9.17) is 4.74 Å². The van der Waals surface area contributed by atoms with Crippen molar-refractivity contribution in [2.24, 2.45) is 7.05 Å². The first-order valence-corrected chi connectivity index (χ1v) is 11.5. The van der Waals surface area contributed by atoms with Crippen LogP contribution in [-0.2, 0) is 27.4 Å². The van der Waals surface area contributed by atoms with Crippen LogP contribution in [0.3, 0.4) is 0 Å². The number of amides is 1. The molecule has 9 heteroatoms. The lowest BCUT2D eigenvalue weighted by molar-refractivity contribution is -0.122. The molecule has 1 aliphatic rings. The summed E-state index contributed by atoms with van der Waals surface area (Å²) in [4.78, 5) is 12.9. The third kappa shape index (κ3) is 3.98. The van der Waals surface area contributed by atoms with E-state index in [0.717, 1.165) is 11.3 Å². The molecule has 1 atom stereocenters. The summed E-state index contributed by atoms with van der Waals surface area (Å²) in [7, 11) is -1.96. The Hall–Kier alpha value is -3.61. The first-order chi connectivity index (χ1) is 15.2. The Kier molecular flexibility index (Phi) is 5.50. The van der Waals surface area contributed by atoms with Crippen LogP contribution >= 0.6 is 0 Å². The van der Waals surface area contributed by atoms with E-state index in [1.54, 1.807) is 30.3 Å². The highest BCUT2D eigenvalue weighted by molar-refractivity contribution is 7.89. The minimum Gasteiger partial charge on any atom is -0.456 e. The van der Waals surface area contributed by atoms with Crippen molar-refractivity contribution in [3.05, 3.63) is 77.6 Å². The molecule has 0 saturated carbocycles. The summed E-state index contributed by atoms with van der Waals surface area (Å²) < 4.78 is 35.6. The van der Waals surface area contributed by atoms with Crippen molar-refractivity contribution in [2.75, 3.05) is 6.54 Å². The largest absolute Gasteiger partial charge is 0.456 e. The molecular weight excluding hydrogens is 428 g/mol. The average molecular weight is 451 g/mol. The van der Waals surface area contributed by atoms with Gasteiger partial charge in [0, 0.05) is 38.0 Å². The van der Waals surface area contributed by atoms with Gasteiger partial charge in [0.25, 0.3) is 0 Å². The first-order valence-electron chi connectivity index (χ1n) is 9.98. The molecule has 164 valence electrons. The minimum atomic E-state index is -3.84. The highest BCUT2D eigenvalue weighted by Crippen LogP contribution is 2.35. The molecule has 0 aliphatic carbocycles. The molecule has 1 unspecified atom stereocenters. The van der Waals surface area contributed by atoms with Crippen LogP contribution in [-0.4, -0.2) is 25.4 Å². The summed E-state index contributed by atoms with van der Waals surface area (Å²) in [6.45, 7) is 1.81. The predicted octanol–water partition coefficient (Wildman–Crippen LogP) is 2.75. The van der Waals surface area contributed by atoms with Gasteiger partial charge in [0.15, 0.2) is 0 Å². The van der Waals surface area contributed by atoms with Gasteiger partial charge in [0.05, 0.1) is 10.5 Å². The monoisotopic (exact) mass is 450 g/mol. The molecule has 4 rings (SSSR count). The number of fused-ring (bicyclic) bond motifs is 4. The molecular formula is C23H22N4O4S. The number of nitriles is 1. The van der Waals surface area contributed by atoms with E-state index in [2.05, 4.69) is 16.1 Å². The van der Waals surface area contributed by atoms with Crippen molar-refractivity contribution >= 4 is 15.9 Å². The maximum Gasteiger partial charge on any atom is 0.240 e. The van der Waals surface area contributed by atoms with Crippen LogP contribution < -0.4 is 14.8 Å². The van der Waals surface area contributed by atoms with Crippen molar-refractivity contribution < 1.29 is 17.9 Å². The smallest absolute Gasteiger partial charge is 0.240 e. The van der Waals surface area contributed by atoms with Gasteiger partial charge in [-0.2, -0.15) is 5.26 Å². The van der Waals surface area contributed by atoms with Crippen molar-refractivity contribution in [1.29, 1.82) is 5.26 Å². The van der Waals surface area contributed by atoms with Crippen molar-refractivity contribution in [1.82, 2.24) is 14.6 Å². The minimum absolute atomic E-state index is 0.00998. The number of aryl methyl sites for hydroxylation is 1. The Morgan fingerprint density at radius 3 is 2.69 bits per heavy atom. The molecule has 2 aromatic carbocycles. The molecule has 0 radical (unpaired) electrons. The van der Waals surface area contributed by atoms with E-state index in [-0.39, 0.29) is 40.8 Å². The SMILES string of the molecule is Cn1cccc1C1(C)NC(=O)CCNS(=O)(=O)c2cccc(c2)Oc2cc1ccc2C#N. The topological polar surface area (TPSA) is 113 Å². The Morgan fingerprint density at radius 2 is 1.97 bits per heavy atom. The first kappa shape index (κ1) is 21.6. The number of ether oxygens (including phenoxy) is 1. The Morgan fingerprint density at radius 1 is 1.16 bits per heavy atom. The average Bonchev–Trinajstić information content (AvgIpc) is 3.19. The fourth-order valence-electron chi connectivity index (χ4n) is 3.83. The lowest BCUT2D eigenvalue weighted by atomic mass is 9.87. The van der Waals surface area contributed by atoms with Crippen molar-refractivity contribution in [3.63, 3.8) is 0 Å². The van der Waals surface area contributed by atoms with Gasteiger partial charge >= 0.3 is 0 Å². The molecule has 8 nitrogen and oxygen atoms in total. The Balaban J connectivity index is 1.91. The Bertz CT molecular complexity index is 1340. The van der Waals surface area contributed by atoms with E-state index in [1.807, 2.05) is 36.9 Å². The number of hydrogen-bond acceptors (Lipinski definition) is 5. The quantitative estimate of drug-likeness (QED) is 0.592. The number of aromatic nitrogens is 1. The van der Waals surface area contributed by atoms with Crippen LogP contribution in [0, 0.1) is 11.3 Å². The number of sulfonamides is 1. The molecule has 32 heavy (non-hydrogen) atoms. The predicted molar refractivity (Wildman–Crippen MR) is 117 cm³/mol. The third-order valence-electron chi connectivity index (χ3n) is 5.51. The maximum atomic E-state index is 12.8. The molecule has 0 fully saturated rings. The van der Waals surface area contributed by atoms with Crippen molar-refractivity contribution in [2.45, 2.75) is 23.8 Å². The van der Waals surface area contributed by atoms with Gasteiger partial charge in [-0.1, -0.05) is 12.1 Å². The van der Waals surface area contributed by atoms with Crippen LogP contribution in [0.1, 0.15) is 30.2 Å². The molecule has 0 saturated heterocycles. The lowest BCUT2D eigenvalue weighted by Crippen LogP contribution is -2.46. The number of nitrogens with one attached hydrogen (secondary N) is 2. The van der Waals surface area contributed by atoms with E-state index in [1.165, 1.54) is 12.1 Å². The summed E-state index contributed by atoms with van der Waals surface area (Å²) in [5.41, 5.74) is 0.867. The second-order valence-corrected chi connectivity index (χ2v) is 9.49. The van der Waals surface area contributed by atoms with E-state index in [0.29, 0.717) is 0 Å². The second kappa shape index (κ2) is 8.15. The van der Waals surface area contributed by atoms with E-state index >= 15 is 0 Å². The molecule has 3 aromatic rings. The number of carbonyl (C=O) groups is 1. The summed E-state index contributed by atoms with van der Waals surface area (Å²) in [6.07, 6.45) is 1.83. The normalized spacial score (nSPS) is 20.3. The number of carbonyl (C=O) groups excluding carboxylic acids is 1. The summed E-state index contributed by atoms with van der Waals surface area (Å²) in [5.74, 6) is 0.219. The standard InChI is InChI=1S/C23H22N4O4S/c1-23(21-7-4-12-27(21)2)17-9-8-16(15-24)20(13-17)31-18-5-3-6-19(14-18)32(29,30)25-11-10-22(28)26-23/h3-9,12-14,25H,10-11H2,1-2H3,(H,26,28). The fraction of sp³-hybridized carbons (Fsp3) is 0.217. The highest BCUT2D eigenvalue weighted by atomic mass is 32.2. The van der Waals surface area contributed by atoms with Gasteiger partial charge in [-0.3, -0.25) is 4.79 Å². The number of nitrogens with zero attached hydrogens (tertiary/aromatic N) is 2. The summed E-state index contributed by atoms with van der Waals surface area (Å²) >= 11 is 0. The molecule has 1 aromatic heterocycles. The molecule has 4 bridgehead atoms. The van der Waals surface area contributed by atoms with Crippen LogP contribution in [0.5, 0.6) is 11.5 Å². The summed E-state index contributed by atoms with van der Waals surface area (Å²) in [5, 5.41) is 12.6. The van der Waals surface area contributed by atoms with Crippen LogP contribution in [0.25, 0.3) is 0 Å². The van der Waals surface area contributed by atoms with Crippen molar-refractivity contribution in [3.8, 4) is 17.6 Å². The van der Waals surface area contributed by atoms with E-state index < -0.39 is 15.6 Å². The molecule has 1 amide bonds. The van der Waals surface area contributed by atoms with Gasteiger partial charge in [-0.25, -0.2) is 13.1 Å². The molecule has 2 N–H and O–H groups in total. The van der Waals surface area contributed by atoms with Gasteiger partial charge < -0.3 is 14.6 Å². The van der Waals surface area contributed by atoms with Gasteiger partial charge in [-0.15, -0.1) is 0 Å². The number of hydrogen-bond donors (Lipinski definition) is 2. The number of benzene rings is 2. The fourth-order valence-corrected chi connectivity index (χ4v) is 4.90. The zero-order valence-corrected chi connectivity index (χ0v) is 18.4. The van der Waals surface area contributed by atoms with Crippen LogP contribution in [0.2, 0.25) is 0 Å². The zero-order chi connectivity index (χ0) is 22.9. The number of rotatable bonds is 1. The third-order valence-corrected chi connectivity index (χ3v) is 6.97.